The van der Waals surface area contributed by atoms with Gasteiger partial charge in [-0.1, -0.05) is 48.9 Å². The first kappa shape index (κ1) is 25.6. The van der Waals surface area contributed by atoms with Crippen molar-refractivity contribution in [3.05, 3.63) is 95.1 Å². The number of carbonyl (C=O) groups excluding carboxylic acids is 2. The van der Waals surface area contributed by atoms with Gasteiger partial charge in [0.2, 0.25) is 5.91 Å². The molecule has 3 aromatic rings. The van der Waals surface area contributed by atoms with Gasteiger partial charge in [0.25, 0.3) is 5.91 Å². The molecule has 1 saturated carbocycles. The summed E-state index contributed by atoms with van der Waals surface area (Å²) in [5, 5.41) is 2.84. The number of benzene rings is 3. The van der Waals surface area contributed by atoms with Gasteiger partial charge in [0.1, 0.15) is 0 Å². The van der Waals surface area contributed by atoms with Crippen LogP contribution in [0.1, 0.15) is 52.9 Å². The third kappa shape index (κ3) is 6.02. The predicted octanol–water partition coefficient (Wildman–Crippen LogP) is 5.19. The second-order valence-corrected chi connectivity index (χ2v) is 11.7. The molecule has 1 fully saturated rings. The summed E-state index contributed by atoms with van der Waals surface area (Å²) in [6, 6.07) is 21.7. The van der Waals surface area contributed by atoms with E-state index in [1.165, 1.54) is 17.7 Å². The summed E-state index contributed by atoms with van der Waals surface area (Å²) in [5.41, 5.74) is 4.24. The number of rotatable bonds is 9. The first-order valence-electron chi connectivity index (χ1n) is 12.2. The van der Waals surface area contributed by atoms with Crippen molar-refractivity contribution in [3.8, 4) is 0 Å². The van der Waals surface area contributed by atoms with Crippen molar-refractivity contribution in [2.45, 2.75) is 44.0 Å². The Morgan fingerprint density at radius 2 is 1.56 bits per heavy atom. The Morgan fingerprint density at radius 1 is 0.944 bits per heavy atom. The summed E-state index contributed by atoms with van der Waals surface area (Å²) in [4.78, 5) is 27.8. The summed E-state index contributed by atoms with van der Waals surface area (Å²) in [6.45, 7) is 3.66. The van der Waals surface area contributed by atoms with E-state index < -0.39 is 9.84 Å². The minimum Gasteiger partial charge on any atom is -0.334 e. The molecule has 0 aromatic heterocycles. The largest absolute Gasteiger partial charge is 0.334 e. The zero-order chi connectivity index (χ0) is 25.9. The van der Waals surface area contributed by atoms with Crippen LogP contribution in [0.15, 0.2) is 77.7 Å². The Bertz CT molecular complexity index is 1330. The van der Waals surface area contributed by atoms with Gasteiger partial charge in [-0.05, 0) is 73.2 Å². The molecule has 1 aliphatic carbocycles. The third-order valence-electron chi connectivity index (χ3n) is 6.67. The minimum absolute atomic E-state index is 0.0360. The van der Waals surface area contributed by atoms with Gasteiger partial charge in [0.05, 0.1) is 23.1 Å². The van der Waals surface area contributed by atoms with Crippen molar-refractivity contribution in [2.75, 3.05) is 18.1 Å². The summed E-state index contributed by atoms with van der Waals surface area (Å²) in [6.07, 6.45) is 2.37. The van der Waals surface area contributed by atoms with Crippen molar-refractivity contribution >= 4 is 27.3 Å². The number of anilines is 1. The van der Waals surface area contributed by atoms with Crippen LogP contribution < -0.4 is 5.32 Å². The lowest BCUT2D eigenvalue weighted by atomic mass is 9.99. The van der Waals surface area contributed by atoms with E-state index in [1.807, 2.05) is 11.9 Å². The lowest BCUT2D eigenvalue weighted by Crippen LogP contribution is -2.32. The number of hydrogen-bond donors (Lipinski definition) is 1. The molecule has 1 unspecified atom stereocenters. The monoisotopic (exact) mass is 504 g/mol. The highest BCUT2D eigenvalue weighted by atomic mass is 32.2. The zero-order valence-electron chi connectivity index (χ0n) is 20.9. The lowest BCUT2D eigenvalue weighted by Gasteiger charge is -2.29. The Labute approximate surface area is 213 Å². The predicted molar refractivity (Wildman–Crippen MR) is 142 cm³/mol. The number of amides is 2. The van der Waals surface area contributed by atoms with Crippen LogP contribution in [0.3, 0.4) is 0 Å². The fourth-order valence-electron chi connectivity index (χ4n) is 4.39. The van der Waals surface area contributed by atoms with E-state index in [-0.39, 0.29) is 34.9 Å². The van der Waals surface area contributed by atoms with Crippen LogP contribution in [0.2, 0.25) is 0 Å². The van der Waals surface area contributed by atoms with Crippen LogP contribution >= 0.6 is 0 Å². The molecule has 2 amide bonds. The topological polar surface area (TPSA) is 83.5 Å². The minimum atomic E-state index is -3.27. The van der Waals surface area contributed by atoms with Gasteiger partial charge in [-0.2, -0.15) is 0 Å². The van der Waals surface area contributed by atoms with Crippen molar-refractivity contribution in [1.82, 2.24) is 4.90 Å². The second kappa shape index (κ2) is 10.7. The number of nitrogens with one attached hydrogen (secondary N) is 1. The van der Waals surface area contributed by atoms with Crippen molar-refractivity contribution in [1.29, 1.82) is 0 Å². The Kier molecular flexibility index (Phi) is 7.59. The van der Waals surface area contributed by atoms with Gasteiger partial charge < -0.3 is 10.2 Å². The first-order valence-corrected chi connectivity index (χ1v) is 13.9. The highest BCUT2D eigenvalue weighted by molar-refractivity contribution is 7.91. The average molecular weight is 505 g/mol. The van der Waals surface area contributed by atoms with E-state index >= 15 is 0 Å². The molecule has 3 aromatic carbocycles. The van der Waals surface area contributed by atoms with E-state index in [2.05, 4.69) is 36.5 Å². The maximum Gasteiger partial charge on any atom is 0.254 e. The molecule has 7 heteroatoms. The Hall–Kier alpha value is -3.45. The maximum absolute atomic E-state index is 13.2. The van der Waals surface area contributed by atoms with Gasteiger partial charge in [0, 0.05) is 18.3 Å². The van der Waals surface area contributed by atoms with Gasteiger partial charge in [-0.3, -0.25) is 9.59 Å². The molecule has 0 saturated heterocycles. The summed E-state index contributed by atoms with van der Waals surface area (Å²) in [5.74, 6) is 0.253. The second-order valence-electron chi connectivity index (χ2n) is 9.46. The van der Waals surface area contributed by atoms with Crippen LogP contribution in [0.4, 0.5) is 5.69 Å². The molecular formula is C29H32N2O4S. The van der Waals surface area contributed by atoms with Crippen LogP contribution in [0.5, 0.6) is 0 Å². The molecule has 36 heavy (non-hydrogen) atoms. The smallest absolute Gasteiger partial charge is 0.254 e. The van der Waals surface area contributed by atoms with Crippen molar-refractivity contribution < 1.29 is 18.0 Å². The van der Waals surface area contributed by atoms with Crippen LogP contribution in [-0.4, -0.2) is 37.9 Å². The molecule has 188 valence electrons. The molecule has 0 spiro atoms. The van der Waals surface area contributed by atoms with Gasteiger partial charge in [-0.15, -0.1) is 0 Å². The highest BCUT2D eigenvalue weighted by Gasteiger charge is 2.37. The van der Waals surface area contributed by atoms with Crippen LogP contribution in [-0.2, 0) is 21.1 Å². The van der Waals surface area contributed by atoms with Crippen molar-refractivity contribution in [2.24, 2.45) is 5.92 Å². The number of carbonyl (C=O) groups is 2. The summed E-state index contributed by atoms with van der Waals surface area (Å²) in [7, 11) is -1.41. The highest BCUT2D eigenvalue weighted by Crippen LogP contribution is 2.44. The van der Waals surface area contributed by atoms with Crippen molar-refractivity contribution in [3.63, 3.8) is 0 Å². The van der Waals surface area contributed by atoms with Gasteiger partial charge >= 0.3 is 0 Å². The Morgan fingerprint density at radius 3 is 2.11 bits per heavy atom. The van der Waals surface area contributed by atoms with E-state index in [4.69, 9.17) is 0 Å². The molecule has 6 nitrogen and oxygen atoms in total. The van der Waals surface area contributed by atoms with E-state index in [9.17, 15) is 18.0 Å². The summed E-state index contributed by atoms with van der Waals surface area (Å²) < 4.78 is 23.9. The number of sulfone groups is 1. The molecule has 1 aliphatic rings. The fourth-order valence-corrected chi connectivity index (χ4v) is 5.27. The fraction of sp³-hybridized carbons (Fsp3) is 0.310. The van der Waals surface area contributed by atoms with Gasteiger partial charge in [-0.25, -0.2) is 8.42 Å². The van der Waals surface area contributed by atoms with Crippen LogP contribution in [0.25, 0.3) is 0 Å². The van der Waals surface area contributed by atoms with E-state index in [0.717, 1.165) is 24.0 Å². The standard InChI is InChI=1S/C29H32N2O4S/c1-4-36(34,35)26-17-7-21(8-18-26)19-27(32)30-25-15-13-24(14-16-25)29(33)31(3)28(23-11-12-23)22-9-5-20(2)6-10-22/h5-10,13-18,23,28H,4,11-12,19H2,1-3H3,(H,30,32). The van der Waals surface area contributed by atoms with E-state index in [1.54, 1.807) is 43.3 Å². The SMILES string of the molecule is CCS(=O)(=O)c1ccc(CC(=O)Nc2ccc(C(=O)N(C)C(c3ccc(C)cc3)C3CC3)cc2)cc1. The number of nitrogens with zero attached hydrogens (tertiary/aromatic N) is 1. The molecule has 4 rings (SSSR count). The number of aryl methyl sites for hydroxylation is 1. The first-order chi connectivity index (χ1) is 17.2. The molecular weight excluding hydrogens is 472 g/mol. The Balaban J connectivity index is 1.38. The molecule has 1 atom stereocenters. The molecule has 0 heterocycles. The maximum atomic E-state index is 13.2. The third-order valence-corrected chi connectivity index (χ3v) is 8.42. The number of hydrogen-bond acceptors (Lipinski definition) is 4. The molecule has 1 N–H and O–H groups in total. The molecule has 0 bridgehead atoms. The summed E-state index contributed by atoms with van der Waals surface area (Å²) >= 11 is 0. The normalized spacial score (nSPS) is 14.2. The molecule has 0 aliphatic heterocycles. The average Bonchev–Trinajstić information content (AvgIpc) is 3.71. The molecule has 0 radical (unpaired) electrons. The van der Waals surface area contributed by atoms with Crippen LogP contribution in [0, 0.1) is 12.8 Å². The van der Waals surface area contributed by atoms with E-state index in [0.29, 0.717) is 17.2 Å². The zero-order valence-corrected chi connectivity index (χ0v) is 21.7. The lowest BCUT2D eigenvalue weighted by molar-refractivity contribution is -0.115. The van der Waals surface area contributed by atoms with Gasteiger partial charge in [0.15, 0.2) is 9.84 Å². The quantitative estimate of drug-likeness (QED) is 0.435.